The average Bonchev–Trinajstić information content (AvgIpc) is 3.87. The summed E-state index contributed by atoms with van der Waals surface area (Å²) < 4.78 is 4.69. The molecule has 0 bridgehead atoms. The summed E-state index contributed by atoms with van der Waals surface area (Å²) in [4.78, 5) is 10.6. The fourth-order valence-corrected chi connectivity index (χ4v) is 9.17. The number of hydrogen-bond acceptors (Lipinski definition) is 2. The molecule has 0 radical (unpaired) electrons. The minimum atomic E-state index is 0.699. The Bertz CT molecular complexity index is 3480. The summed E-state index contributed by atoms with van der Waals surface area (Å²) in [5.41, 5.74) is 16.5. The zero-order valence-corrected chi connectivity index (χ0v) is 33.7. The number of benzene rings is 9. The minimum absolute atomic E-state index is 0.699. The zero-order valence-electron chi connectivity index (χ0n) is 33.7. The molecule has 4 nitrogen and oxygen atoms in total. The van der Waals surface area contributed by atoms with Gasteiger partial charge in [-0.05, 0) is 94.0 Å². The van der Waals surface area contributed by atoms with Crippen molar-refractivity contribution < 1.29 is 0 Å². The molecule has 0 aliphatic heterocycles. The van der Waals surface area contributed by atoms with E-state index in [1.165, 1.54) is 44.1 Å². The average molecular weight is 791 g/mol. The monoisotopic (exact) mass is 790 g/mol. The van der Waals surface area contributed by atoms with E-state index in [1.807, 2.05) is 18.2 Å². The number of hydrogen-bond donors (Lipinski definition) is 0. The van der Waals surface area contributed by atoms with Crippen LogP contribution in [0.3, 0.4) is 0 Å². The third kappa shape index (κ3) is 6.00. The highest BCUT2D eigenvalue weighted by Gasteiger charge is 2.22. The summed E-state index contributed by atoms with van der Waals surface area (Å²) in [6.45, 7) is 0. The molecule has 0 N–H and O–H groups in total. The summed E-state index contributed by atoms with van der Waals surface area (Å²) in [5, 5.41) is 4.60. The molecule has 4 heteroatoms. The molecular weight excluding hydrogens is 753 g/mol. The van der Waals surface area contributed by atoms with Gasteiger partial charge in [0.15, 0.2) is 5.82 Å². The third-order valence-corrected chi connectivity index (χ3v) is 12.1. The van der Waals surface area contributed by atoms with Crippen molar-refractivity contribution in [1.82, 2.24) is 19.1 Å². The van der Waals surface area contributed by atoms with Gasteiger partial charge in [-0.15, -0.1) is 0 Å². The molecular formula is C58H38N4. The normalized spacial score (nSPS) is 11.5. The van der Waals surface area contributed by atoms with Gasteiger partial charge in [0.25, 0.3) is 0 Å². The summed E-state index contributed by atoms with van der Waals surface area (Å²) >= 11 is 0. The highest BCUT2D eigenvalue weighted by Crippen LogP contribution is 2.41. The fourth-order valence-electron chi connectivity index (χ4n) is 9.17. The van der Waals surface area contributed by atoms with Crippen LogP contribution in [0.4, 0.5) is 0 Å². The lowest BCUT2D eigenvalue weighted by Crippen LogP contribution is -1.99. The maximum atomic E-state index is 5.33. The van der Waals surface area contributed by atoms with E-state index in [-0.39, 0.29) is 0 Å². The second-order valence-electron chi connectivity index (χ2n) is 15.8. The summed E-state index contributed by atoms with van der Waals surface area (Å²) in [6, 6.07) is 82.2. The van der Waals surface area contributed by atoms with Crippen LogP contribution in [0.2, 0.25) is 0 Å². The molecule has 12 aromatic rings. The second-order valence-corrected chi connectivity index (χ2v) is 15.8. The molecule has 3 heterocycles. The fraction of sp³-hybridized carbons (Fsp3) is 0. The number of para-hydroxylation sites is 1. The largest absolute Gasteiger partial charge is 0.309 e. The lowest BCUT2D eigenvalue weighted by molar-refractivity contribution is 1.11. The standard InChI is InChI=1S/C58H38N4/c1-6-16-39(17-7-1)44-28-33-52-49(36-44)50-37-45(40-18-8-2-9-19-40)29-34-53(50)61(52)48-31-26-41(27-32-48)46-30-35-54-51(38-46)55-56(42-20-10-3-11-21-42)59-57(43-22-12-4-13-23-43)60-58(55)62(54)47-24-14-5-15-25-47/h1-38H. The summed E-state index contributed by atoms with van der Waals surface area (Å²) in [5.74, 6) is 0.699. The Hall–Kier alpha value is -8.34. The number of fused-ring (bicyclic) bond motifs is 6. The number of nitrogens with zero attached hydrogens (tertiary/aromatic N) is 4. The Kier molecular flexibility index (Phi) is 8.46. The quantitative estimate of drug-likeness (QED) is 0.161. The van der Waals surface area contributed by atoms with E-state index in [2.05, 4.69) is 221 Å². The van der Waals surface area contributed by atoms with Gasteiger partial charge in [-0.25, -0.2) is 9.97 Å². The highest BCUT2D eigenvalue weighted by atomic mass is 15.1. The van der Waals surface area contributed by atoms with Crippen molar-refractivity contribution in [2.45, 2.75) is 0 Å². The molecule has 0 fully saturated rings. The molecule has 12 rings (SSSR count). The number of rotatable bonds is 7. The van der Waals surface area contributed by atoms with E-state index >= 15 is 0 Å². The van der Waals surface area contributed by atoms with Crippen LogP contribution in [-0.2, 0) is 0 Å². The van der Waals surface area contributed by atoms with Crippen LogP contribution in [0.25, 0.3) is 111 Å². The van der Waals surface area contributed by atoms with E-state index in [0.717, 1.165) is 61.3 Å². The first-order valence-corrected chi connectivity index (χ1v) is 21.1. The Morgan fingerprint density at radius 3 is 1.18 bits per heavy atom. The predicted molar refractivity (Wildman–Crippen MR) is 258 cm³/mol. The minimum Gasteiger partial charge on any atom is -0.309 e. The topological polar surface area (TPSA) is 35.6 Å². The molecule has 0 aliphatic carbocycles. The lowest BCUT2D eigenvalue weighted by atomic mass is 10.0. The van der Waals surface area contributed by atoms with E-state index in [0.29, 0.717) is 5.82 Å². The summed E-state index contributed by atoms with van der Waals surface area (Å²) in [6.07, 6.45) is 0. The van der Waals surface area contributed by atoms with Gasteiger partial charge in [0.1, 0.15) is 5.65 Å². The molecule has 0 unspecified atom stereocenters. The predicted octanol–water partition coefficient (Wildman–Crippen LogP) is 15.0. The zero-order chi connectivity index (χ0) is 41.0. The van der Waals surface area contributed by atoms with Crippen molar-refractivity contribution >= 4 is 43.7 Å². The van der Waals surface area contributed by atoms with Gasteiger partial charge in [0.05, 0.1) is 27.6 Å². The van der Waals surface area contributed by atoms with E-state index in [4.69, 9.17) is 9.97 Å². The molecule has 62 heavy (non-hydrogen) atoms. The van der Waals surface area contributed by atoms with Crippen LogP contribution < -0.4 is 0 Å². The molecule has 0 saturated carbocycles. The van der Waals surface area contributed by atoms with Crippen molar-refractivity contribution in [3.63, 3.8) is 0 Å². The first-order valence-electron chi connectivity index (χ1n) is 21.1. The first-order chi connectivity index (χ1) is 30.7. The molecule has 0 amide bonds. The number of aromatic nitrogens is 4. The maximum Gasteiger partial charge on any atom is 0.162 e. The van der Waals surface area contributed by atoms with E-state index in [1.54, 1.807) is 0 Å². The second kappa shape index (κ2) is 14.7. The third-order valence-electron chi connectivity index (χ3n) is 12.1. The Balaban J connectivity index is 1.03. The Morgan fingerprint density at radius 1 is 0.274 bits per heavy atom. The van der Waals surface area contributed by atoms with Crippen LogP contribution >= 0.6 is 0 Å². The lowest BCUT2D eigenvalue weighted by Gasteiger charge is -2.11. The SMILES string of the molecule is c1ccc(-c2ccc3c(c2)c2cc(-c4ccccc4)ccc2n3-c2ccc(-c3ccc4c(c3)c3c(-c5ccccc5)nc(-c5ccccc5)nc3n4-c3ccccc3)cc2)cc1. The first kappa shape index (κ1) is 35.6. The Morgan fingerprint density at radius 2 is 0.661 bits per heavy atom. The molecule has 0 atom stereocenters. The van der Waals surface area contributed by atoms with Crippen LogP contribution in [0, 0.1) is 0 Å². The molecule has 0 saturated heterocycles. The van der Waals surface area contributed by atoms with Gasteiger partial charge in [-0.2, -0.15) is 0 Å². The van der Waals surface area contributed by atoms with Crippen molar-refractivity contribution in [2.75, 3.05) is 0 Å². The van der Waals surface area contributed by atoms with Crippen LogP contribution in [0.1, 0.15) is 0 Å². The van der Waals surface area contributed by atoms with Crippen molar-refractivity contribution in [1.29, 1.82) is 0 Å². The Labute approximate surface area is 359 Å². The van der Waals surface area contributed by atoms with Gasteiger partial charge in [0.2, 0.25) is 0 Å². The summed E-state index contributed by atoms with van der Waals surface area (Å²) in [7, 11) is 0. The van der Waals surface area contributed by atoms with Crippen LogP contribution in [0.15, 0.2) is 231 Å². The van der Waals surface area contributed by atoms with Gasteiger partial charge < -0.3 is 4.57 Å². The molecule has 9 aromatic carbocycles. The van der Waals surface area contributed by atoms with E-state index < -0.39 is 0 Å². The van der Waals surface area contributed by atoms with Crippen LogP contribution in [0.5, 0.6) is 0 Å². The van der Waals surface area contributed by atoms with Gasteiger partial charge in [-0.3, -0.25) is 4.57 Å². The van der Waals surface area contributed by atoms with Gasteiger partial charge in [-0.1, -0.05) is 170 Å². The molecule has 290 valence electrons. The van der Waals surface area contributed by atoms with Crippen molar-refractivity contribution in [3.8, 4) is 67.4 Å². The molecule has 3 aromatic heterocycles. The highest BCUT2D eigenvalue weighted by molar-refractivity contribution is 6.15. The van der Waals surface area contributed by atoms with Crippen molar-refractivity contribution in [2.24, 2.45) is 0 Å². The van der Waals surface area contributed by atoms with Crippen LogP contribution in [-0.4, -0.2) is 19.1 Å². The van der Waals surface area contributed by atoms with Gasteiger partial charge >= 0.3 is 0 Å². The van der Waals surface area contributed by atoms with Gasteiger partial charge in [0, 0.05) is 38.7 Å². The molecule has 0 spiro atoms. The molecule has 0 aliphatic rings. The smallest absolute Gasteiger partial charge is 0.162 e. The van der Waals surface area contributed by atoms with Crippen molar-refractivity contribution in [3.05, 3.63) is 231 Å². The maximum absolute atomic E-state index is 5.33. The van der Waals surface area contributed by atoms with E-state index in [9.17, 15) is 0 Å².